The van der Waals surface area contributed by atoms with Crippen LogP contribution >= 0.6 is 0 Å². The zero-order valence-electron chi connectivity index (χ0n) is 15.7. The van der Waals surface area contributed by atoms with E-state index in [2.05, 4.69) is 0 Å². The van der Waals surface area contributed by atoms with E-state index in [0.717, 1.165) is 29.0 Å². The number of rotatable bonds is 7. The lowest BCUT2D eigenvalue weighted by molar-refractivity contribution is -0.124. The SMILES string of the molecule is COc1ccc(/C=C/C(=O)N(C)CCc2ccc3c(c2)OCO3)cc1OC. The van der Waals surface area contributed by atoms with Crippen LogP contribution in [0.3, 0.4) is 0 Å². The largest absolute Gasteiger partial charge is 0.493 e. The van der Waals surface area contributed by atoms with Gasteiger partial charge in [0.15, 0.2) is 23.0 Å². The minimum Gasteiger partial charge on any atom is -0.493 e. The second-order valence-electron chi connectivity index (χ2n) is 6.15. The molecule has 2 aromatic rings. The van der Waals surface area contributed by atoms with Gasteiger partial charge in [-0.15, -0.1) is 0 Å². The zero-order valence-corrected chi connectivity index (χ0v) is 15.7. The molecule has 0 fully saturated rings. The molecule has 1 aliphatic heterocycles. The van der Waals surface area contributed by atoms with Crippen molar-refractivity contribution in [3.8, 4) is 23.0 Å². The van der Waals surface area contributed by atoms with Gasteiger partial charge < -0.3 is 23.8 Å². The third-order valence-electron chi connectivity index (χ3n) is 4.38. The number of ether oxygens (including phenoxy) is 4. The van der Waals surface area contributed by atoms with Gasteiger partial charge in [-0.3, -0.25) is 4.79 Å². The summed E-state index contributed by atoms with van der Waals surface area (Å²) in [5.74, 6) is 2.74. The highest BCUT2D eigenvalue weighted by molar-refractivity contribution is 5.91. The smallest absolute Gasteiger partial charge is 0.246 e. The van der Waals surface area contributed by atoms with E-state index in [1.54, 1.807) is 38.3 Å². The molecule has 0 radical (unpaired) electrons. The van der Waals surface area contributed by atoms with E-state index < -0.39 is 0 Å². The number of nitrogens with zero attached hydrogens (tertiary/aromatic N) is 1. The first-order valence-corrected chi connectivity index (χ1v) is 8.64. The summed E-state index contributed by atoms with van der Waals surface area (Å²) in [6.45, 7) is 0.868. The van der Waals surface area contributed by atoms with E-state index in [0.29, 0.717) is 18.0 Å². The van der Waals surface area contributed by atoms with Gasteiger partial charge in [0.2, 0.25) is 12.7 Å². The second-order valence-corrected chi connectivity index (χ2v) is 6.15. The van der Waals surface area contributed by atoms with Crippen LogP contribution in [0.15, 0.2) is 42.5 Å². The summed E-state index contributed by atoms with van der Waals surface area (Å²) < 4.78 is 21.2. The van der Waals surface area contributed by atoms with Crippen molar-refractivity contribution in [2.75, 3.05) is 34.6 Å². The van der Waals surface area contributed by atoms with Gasteiger partial charge in [0.05, 0.1) is 14.2 Å². The number of likely N-dealkylation sites (N-methyl/N-ethyl adjacent to an activating group) is 1. The Bertz CT molecular complexity index is 846. The quantitative estimate of drug-likeness (QED) is 0.702. The highest BCUT2D eigenvalue weighted by Crippen LogP contribution is 2.32. The van der Waals surface area contributed by atoms with Crippen molar-refractivity contribution in [2.45, 2.75) is 6.42 Å². The summed E-state index contributed by atoms with van der Waals surface area (Å²) in [6, 6.07) is 11.4. The number of carbonyl (C=O) groups excluding carboxylic acids is 1. The molecule has 1 amide bonds. The summed E-state index contributed by atoms with van der Waals surface area (Å²) in [5, 5.41) is 0. The Hall–Kier alpha value is -3.15. The maximum Gasteiger partial charge on any atom is 0.246 e. The molecule has 3 rings (SSSR count). The van der Waals surface area contributed by atoms with Crippen LogP contribution in [0.2, 0.25) is 0 Å². The highest BCUT2D eigenvalue weighted by atomic mass is 16.7. The van der Waals surface area contributed by atoms with Crippen molar-refractivity contribution < 1.29 is 23.7 Å². The van der Waals surface area contributed by atoms with Gasteiger partial charge in [-0.25, -0.2) is 0 Å². The maximum absolute atomic E-state index is 12.3. The topological polar surface area (TPSA) is 57.2 Å². The molecule has 0 saturated carbocycles. The summed E-state index contributed by atoms with van der Waals surface area (Å²) >= 11 is 0. The summed E-state index contributed by atoms with van der Waals surface area (Å²) in [6.07, 6.45) is 4.06. The summed E-state index contributed by atoms with van der Waals surface area (Å²) in [5.41, 5.74) is 1.97. The first-order valence-electron chi connectivity index (χ1n) is 8.64. The van der Waals surface area contributed by atoms with Crippen molar-refractivity contribution in [1.29, 1.82) is 0 Å². The van der Waals surface area contributed by atoms with Crippen LogP contribution in [0, 0.1) is 0 Å². The Morgan fingerprint density at radius 3 is 2.63 bits per heavy atom. The van der Waals surface area contributed by atoms with Gasteiger partial charge in [0, 0.05) is 19.7 Å². The molecule has 0 saturated heterocycles. The Kier molecular flexibility index (Phi) is 5.86. The van der Waals surface area contributed by atoms with E-state index in [9.17, 15) is 4.79 Å². The molecule has 0 N–H and O–H groups in total. The Balaban J connectivity index is 1.56. The van der Waals surface area contributed by atoms with E-state index in [1.165, 1.54) is 0 Å². The van der Waals surface area contributed by atoms with Crippen molar-refractivity contribution in [3.05, 3.63) is 53.6 Å². The Morgan fingerprint density at radius 2 is 1.85 bits per heavy atom. The lowest BCUT2D eigenvalue weighted by Crippen LogP contribution is -2.27. The average Bonchev–Trinajstić information content (AvgIpc) is 3.17. The van der Waals surface area contributed by atoms with Crippen LogP contribution in [0.25, 0.3) is 6.08 Å². The molecule has 142 valence electrons. The number of benzene rings is 2. The fourth-order valence-corrected chi connectivity index (χ4v) is 2.75. The first-order chi connectivity index (χ1) is 13.1. The van der Waals surface area contributed by atoms with E-state index >= 15 is 0 Å². The van der Waals surface area contributed by atoms with Gasteiger partial charge in [0.25, 0.3) is 0 Å². The lowest BCUT2D eigenvalue weighted by atomic mass is 10.1. The van der Waals surface area contributed by atoms with Gasteiger partial charge in [-0.05, 0) is 47.9 Å². The summed E-state index contributed by atoms with van der Waals surface area (Å²) in [4.78, 5) is 14.0. The molecule has 27 heavy (non-hydrogen) atoms. The number of carbonyl (C=O) groups is 1. The fourth-order valence-electron chi connectivity index (χ4n) is 2.75. The zero-order chi connectivity index (χ0) is 19.2. The lowest BCUT2D eigenvalue weighted by Gasteiger charge is -2.15. The third-order valence-corrected chi connectivity index (χ3v) is 4.38. The van der Waals surface area contributed by atoms with Crippen molar-refractivity contribution in [3.63, 3.8) is 0 Å². The van der Waals surface area contributed by atoms with E-state index in [1.807, 2.05) is 36.4 Å². The maximum atomic E-state index is 12.3. The minimum atomic E-state index is -0.0643. The number of methoxy groups -OCH3 is 2. The van der Waals surface area contributed by atoms with Crippen LogP contribution < -0.4 is 18.9 Å². The average molecular weight is 369 g/mol. The van der Waals surface area contributed by atoms with Gasteiger partial charge in [-0.1, -0.05) is 12.1 Å². The molecule has 0 atom stereocenters. The third kappa shape index (κ3) is 4.53. The van der Waals surface area contributed by atoms with E-state index in [4.69, 9.17) is 18.9 Å². The molecule has 0 aromatic heterocycles. The Morgan fingerprint density at radius 1 is 1.07 bits per heavy atom. The van der Waals surface area contributed by atoms with Gasteiger partial charge in [-0.2, -0.15) is 0 Å². The molecule has 6 heteroatoms. The molecule has 6 nitrogen and oxygen atoms in total. The molecule has 0 aliphatic carbocycles. The van der Waals surface area contributed by atoms with Gasteiger partial charge >= 0.3 is 0 Å². The van der Waals surface area contributed by atoms with Crippen molar-refractivity contribution >= 4 is 12.0 Å². The van der Waals surface area contributed by atoms with Crippen molar-refractivity contribution in [2.24, 2.45) is 0 Å². The standard InChI is InChI=1S/C21H23NO5/c1-22(11-10-16-5-8-18-20(13-16)27-14-26-18)21(23)9-6-15-4-7-17(24-2)19(12-15)25-3/h4-9,12-13H,10-11,14H2,1-3H3/b9-6+. The monoisotopic (exact) mass is 369 g/mol. The minimum absolute atomic E-state index is 0.0643. The van der Waals surface area contributed by atoms with Crippen LogP contribution in [-0.4, -0.2) is 45.4 Å². The molecule has 0 unspecified atom stereocenters. The fraction of sp³-hybridized carbons (Fsp3) is 0.286. The summed E-state index contributed by atoms with van der Waals surface area (Å²) in [7, 11) is 4.96. The molecule has 2 aromatic carbocycles. The van der Waals surface area contributed by atoms with Crippen molar-refractivity contribution in [1.82, 2.24) is 4.90 Å². The highest BCUT2D eigenvalue weighted by Gasteiger charge is 2.13. The Labute approximate surface area is 158 Å². The second kappa shape index (κ2) is 8.49. The molecule has 1 heterocycles. The van der Waals surface area contributed by atoms with Crippen LogP contribution in [0.4, 0.5) is 0 Å². The van der Waals surface area contributed by atoms with Crippen LogP contribution in [0.5, 0.6) is 23.0 Å². The molecular formula is C21H23NO5. The van der Waals surface area contributed by atoms with Gasteiger partial charge in [0.1, 0.15) is 0 Å². The predicted molar refractivity (Wildman–Crippen MR) is 102 cm³/mol. The molecule has 0 bridgehead atoms. The first kappa shape index (κ1) is 18.6. The molecule has 0 spiro atoms. The number of hydrogen-bond donors (Lipinski definition) is 0. The number of amides is 1. The normalized spacial score (nSPS) is 12.3. The number of fused-ring (bicyclic) bond motifs is 1. The van der Waals surface area contributed by atoms with Crippen LogP contribution in [-0.2, 0) is 11.2 Å². The molecule has 1 aliphatic rings. The predicted octanol–water partition coefficient (Wildman–Crippen LogP) is 3.15. The molecular weight excluding hydrogens is 346 g/mol. The number of hydrogen-bond acceptors (Lipinski definition) is 5. The van der Waals surface area contributed by atoms with Crippen LogP contribution in [0.1, 0.15) is 11.1 Å². The van der Waals surface area contributed by atoms with E-state index in [-0.39, 0.29) is 12.7 Å².